The fraction of sp³-hybridized carbons (Fsp3) is 0.692. The highest BCUT2D eigenvalue weighted by Gasteiger charge is 2.61. The van der Waals surface area contributed by atoms with Crippen molar-refractivity contribution in [2.75, 3.05) is 6.61 Å². The molecule has 1 N–H and O–H groups in total. The predicted octanol–water partition coefficient (Wildman–Crippen LogP) is 1.69. The minimum atomic E-state index is -0.853. The van der Waals surface area contributed by atoms with E-state index in [1.54, 1.807) is 0 Å². The number of hydrogen-bond acceptors (Lipinski definition) is 3. The first-order valence-electron chi connectivity index (χ1n) is 5.82. The molecular weight excluding hydrogens is 220 g/mol. The number of carboxylic acid groups (broad SMARTS) is 1. The Kier molecular flexibility index (Phi) is 4.17. The fourth-order valence-electron chi connectivity index (χ4n) is 1.85. The molecule has 0 radical (unpaired) electrons. The molecule has 0 aromatic carbocycles. The maximum Gasteiger partial charge on any atom is 0.384 e. The van der Waals surface area contributed by atoms with Crippen LogP contribution in [0.1, 0.15) is 33.6 Å². The lowest BCUT2D eigenvalue weighted by Crippen LogP contribution is -2.03. The Morgan fingerprint density at radius 1 is 1.41 bits per heavy atom. The maximum absolute atomic E-state index is 11.2. The second kappa shape index (κ2) is 5.22. The van der Waals surface area contributed by atoms with E-state index < -0.39 is 17.9 Å². The van der Waals surface area contributed by atoms with Crippen molar-refractivity contribution in [3.8, 4) is 11.8 Å². The molecule has 94 valence electrons. The molecule has 1 fully saturated rings. The van der Waals surface area contributed by atoms with Crippen LogP contribution in [0.3, 0.4) is 0 Å². The molecule has 1 aliphatic rings. The number of esters is 1. The monoisotopic (exact) mass is 238 g/mol. The molecule has 0 amide bonds. The van der Waals surface area contributed by atoms with Gasteiger partial charge in [0.05, 0.1) is 12.5 Å². The molecular formula is C13H18O4. The number of carbonyl (C=O) groups is 2. The van der Waals surface area contributed by atoms with Crippen LogP contribution < -0.4 is 0 Å². The van der Waals surface area contributed by atoms with Gasteiger partial charge in [0.1, 0.15) is 0 Å². The zero-order valence-electron chi connectivity index (χ0n) is 10.4. The number of carbonyl (C=O) groups excluding carboxylic acids is 1. The third-order valence-electron chi connectivity index (χ3n) is 3.15. The zero-order valence-corrected chi connectivity index (χ0v) is 10.4. The molecule has 0 heterocycles. The largest absolute Gasteiger partial charge is 0.481 e. The topological polar surface area (TPSA) is 63.6 Å². The third-order valence-corrected chi connectivity index (χ3v) is 3.15. The van der Waals surface area contributed by atoms with Gasteiger partial charge in [-0.2, -0.15) is 0 Å². The van der Waals surface area contributed by atoms with Crippen molar-refractivity contribution in [1.82, 2.24) is 0 Å². The molecule has 0 aromatic heterocycles. The van der Waals surface area contributed by atoms with Gasteiger partial charge in [0.2, 0.25) is 0 Å². The molecule has 0 saturated heterocycles. The Balaban J connectivity index is 2.46. The zero-order chi connectivity index (χ0) is 13.1. The van der Waals surface area contributed by atoms with Crippen LogP contribution >= 0.6 is 0 Å². The summed E-state index contributed by atoms with van der Waals surface area (Å²) in [4.78, 5) is 22.1. The van der Waals surface area contributed by atoms with Gasteiger partial charge in [0.15, 0.2) is 0 Å². The van der Waals surface area contributed by atoms with E-state index in [2.05, 4.69) is 11.8 Å². The van der Waals surface area contributed by atoms with Crippen molar-refractivity contribution >= 4 is 11.9 Å². The number of carboxylic acids is 1. The van der Waals surface area contributed by atoms with Gasteiger partial charge in [-0.3, -0.25) is 4.79 Å². The highest BCUT2D eigenvalue weighted by atomic mass is 16.5. The smallest absolute Gasteiger partial charge is 0.384 e. The first kappa shape index (κ1) is 13.6. The lowest BCUT2D eigenvalue weighted by Gasteiger charge is -1.97. The standard InChI is InChI=1S/C13H18O4/c1-4-5-8-17-10(14)7-6-9-11(12(15)16)13(9,2)3/h9,11H,4-5,8H2,1-3H3,(H,15,16)/t9-,11-/m0/s1. The average Bonchev–Trinajstić information content (AvgIpc) is 2.78. The summed E-state index contributed by atoms with van der Waals surface area (Å²) in [7, 11) is 0. The van der Waals surface area contributed by atoms with Crippen LogP contribution in [0.25, 0.3) is 0 Å². The Morgan fingerprint density at radius 2 is 2.06 bits per heavy atom. The first-order valence-corrected chi connectivity index (χ1v) is 5.82. The van der Waals surface area contributed by atoms with Crippen LogP contribution in [0.4, 0.5) is 0 Å². The van der Waals surface area contributed by atoms with Crippen molar-refractivity contribution in [2.45, 2.75) is 33.6 Å². The predicted molar refractivity (Wildman–Crippen MR) is 62.0 cm³/mol. The summed E-state index contributed by atoms with van der Waals surface area (Å²) in [5, 5.41) is 8.91. The average molecular weight is 238 g/mol. The lowest BCUT2D eigenvalue weighted by molar-refractivity contribution is -0.139. The van der Waals surface area contributed by atoms with E-state index in [0.717, 1.165) is 12.8 Å². The molecule has 1 saturated carbocycles. The Labute approximate surface area is 101 Å². The van der Waals surface area contributed by atoms with Crippen LogP contribution in [0.2, 0.25) is 0 Å². The molecule has 0 unspecified atom stereocenters. The quantitative estimate of drug-likeness (QED) is 0.350. The molecule has 0 aliphatic heterocycles. The van der Waals surface area contributed by atoms with Crippen molar-refractivity contribution in [3.05, 3.63) is 0 Å². The minimum absolute atomic E-state index is 0.251. The molecule has 4 nitrogen and oxygen atoms in total. The second-order valence-electron chi connectivity index (χ2n) is 4.87. The van der Waals surface area contributed by atoms with Gasteiger partial charge < -0.3 is 9.84 Å². The highest BCUT2D eigenvalue weighted by Crippen LogP contribution is 2.57. The van der Waals surface area contributed by atoms with Gasteiger partial charge in [-0.15, -0.1) is 0 Å². The van der Waals surface area contributed by atoms with Crippen LogP contribution in [-0.4, -0.2) is 23.7 Å². The van der Waals surface area contributed by atoms with E-state index in [4.69, 9.17) is 9.84 Å². The van der Waals surface area contributed by atoms with Crippen LogP contribution in [-0.2, 0) is 14.3 Å². The summed E-state index contributed by atoms with van der Waals surface area (Å²) in [5.41, 5.74) is -0.345. The van der Waals surface area contributed by atoms with E-state index in [1.165, 1.54) is 0 Å². The summed E-state index contributed by atoms with van der Waals surface area (Å²) >= 11 is 0. The summed E-state index contributed by atoms with van der Waals surface area (Å²) < 4.78 is 4.86. The Bertz CT molecular complexity index is 373. The van der Waals surface area contributed by atoms with Gasteiger partial charge >= 0.3 is 11.9 Å². The SMILES string of the molecule is CCCCOC(=O)C#C[C@H]1[C@@H](C(=O)O)C1(C)C. The van der Waals surface area contributed by atoms with E-state index in [1.807, 2.05) is 20.8 Å². The normalized spacial score (nSPS) is 24.4. The number of hydrogen-bond donors (Lipinski definition) is 1. The van der Waals surface area contributed by atoms with Gasteiger partial charge in [-0.05, 0) is 11.8 Å². The van der Waals surface area contributed by atoms with Crippen LogP contribution in [0.5, 0.6) is 0 Å². The first-order chi connectivity index (χ1) is 7.91. The maximum atomic E-state index is 11.2. The Morgan fingerprint density at radius 3 is 2.53 bits per heavy atom. The minimum Gasteiger partial charge on any atom is -0.481 e. The summed E-state index contributed by atoms with van der Waals surface area (Å²) in [5.74, 6) is 2.93. The van der Waals surface area contributed by atoms with Crippen molar-refractivity contribution in [2.24, 2.45) is 17.3 Å². The van der Waals surface area contributed by atoms with Crippen LogP contribution in [0, 0.1) is 29.1 Å². The highest BCUT2D eigenvalue weighted by molar-refractivity contribution is 5.89. The summed E-state index contributed by atoms with van der Waals surface area (Å²) in [6, 6.07) is 0. The molecule has 2 atom stereocenters. The molecule has 4 heteroatoms. The lowest BCUT2D eigenvalue weighted by atomic mass is 10.1. The van der Waals surface area contributed by atoms with Crippen molar-refractivity contribution < 1.29 is 19.4 Å². The van der Waals surface area contributed by atoms with Crippen molar-refractivity contribution in [1.29, 1.82) is 0 Å². The molecule has 1 aliphatic carbocycles. The van der Waals surface area contributed by atoms with Gasteiger partial charge in [0.25, 0.3) is 0 Å². The number of aliphatic carboxylic acids is 1. The number of rotatable bonds is 4. The van der Waals surface area contributed by atoms with E-state index in [0.29, 0.717) is 6.61 Å². The van der Waals surface area contributed by atoms with Gasteiger partial charge in [-0.25, -0.2) is 4.79 Å². The number of unbranched alkanes of at least 4 members (excludes halogenated alkanes) is 1. The molecule has 1 rings (SSSR count). The van der Waals surface area contributed by atoms with Crippen LogP contribution in [0.15, 0.2) is 0 Å². The Hall–Kier alpha value is -1.50. The number of ether oxygens (including phenoxy) is 1. The van der Waals surface area contributed by atoms with E-state index in [9.17, 15) is 9.59 Å². The fourth-order valence-corrected chi connectivity index (χ4v) is 1.85. The molecule has 0 aromatic rings. The molecule has 0 bridgehead atoms. The van der Waals surface area contributed by atoms with Crippen molar-refractivity contribution in [3.63, 3.8) is 0 Å². The summed E-state index contributed by atoms with van der Waals surface area (Å²) in [6.07, 6.45) is 1.78. The van der Waals surface area contributed by atoms with E-state index >= 15 is 0 Å². The van der Waals surface area contributed by atoms with Gasteiger partial charge in [-0.1, -0.05) is 33.1 Å². The van der Waals surface area contributed by atoms with E-state index in [-0.39, 0.29) is 11.3 Å². The molecule has 0 spiro atoms. The third kappa shape index (κ3) is 3.23. The summed E-state index contributed by atoms with van der Waals surface area (Å²) in [6.45, 7) is 6.06. The second-order valence-corrected chi connectivity index (χ2v) is 4.87. The molecule has 17 heavy (non-hydrogen) atoms. The van der Waals surface area contributed by atoms with Gasteiger partial charge in [0, 0.05) is 11.8 Å².